The third kappa shape index (κ3) is 8.38. The van der Waals surface area contributed by atoms with Crippen molar-refractivity contribution in [3.05, 3.63) is 70.2 Å². The predicted octanol–water partition coefficient (Wildman–Crippen LogP) is 3.54. The molecule has 0 spiro atoms. The number of hydrogen-bond donors (Lipinski definition) is 3. The summed E-state index contributed by atoms with van der Waals surface area (Å²) in [6.07, 6.45) is 6.70. The van der Waals surface area contributed by atoms with Crippen LogP contribution in [-0.2, 0) is 21.8 Å². The second-order valence-corrected chi connectivity index (χ2v) is 12.8. The molecule has 11 nitrogen and oxygen atoms in total. The van der Waals surface area contributed by atoms with Crippen LogP contribution in [-0.4, -0.2) is 69.3 Å². The molecular formula is C28H36BrN7O4S. The number of anilines is 2. The Morgan fingerprint density at radius 1 is 1.27 bits per heavy atom. The predicted molar refractivity (Wildman–Crippen MR) is 165 cm³/mol. The fraction of sp³-hybridized carbons (Fsp3) is 0.393. The van der Waals surface area contributed by atoms with Crippen LogP contribution in [0.1, 0.15) is 46.8 Å². The SMILES string of the molecule is CNCOCC(=Nc1ccc(Br)cc1)c1cc(C2CC2)c(N(CCCNC(=O)c2cn(C)cn2)S(C)(=O)=O)cc1N. The summed E-state index contributed by atoms with van der Waals surface area (Å²) in [7, 11) is -0.0538. The molecule has 1 amide bonds. The number of imidazole rings is 1. The molecule has 4 rings (SSSR count). The summed E-state index contributed by atoms with van der Waals surface area (Å²) in [5.41, 5.74) is 10.9. The van der Waals surface area contributed by atoms with E-state index in [9.17, 15) is 13.2 Å². The van der Waals surface area contributed by atoms with Crippen LogP contribution in [0.15, 0.2) is 58.4 Å². The van der Waals surface area contributed by atoms with E-state index in [-0.39, 0.29) is 25.0 Å². The number of rotatable bonds is 14. The number of ether oxygens (including phenoxy) is 1. The van der Waals surface area contributed by atoms with E-state index in [4.69, 9.17) is 15.5 Å². The van der Waals surface area contributed by atoms with Crippen LogP contribution >= 0.6 is 15.9 Å². The number of nitrogens with one attached hydrogen (secondary N) is 2. The third-order valence-corrected chi connectivity index (χ3v) is 8.24. The smallest absolute Gasteiger partial charge is 0.271 e. The van der Waals surface area contributed by atoms with Gasteiger partial charge in [0.05, 0.1) is 43.0 Å². The number of amides is 1. The van der Waals surface area contributed by atoms with Gasteiger partial charge in [-0.3, -0.25) is 19.4 Å². The maximum atomic E-state index is 13.0. The molecule has 1 aliphatic rings. The number of benzene rings is 2. The molecule has 3 aromatic rings. The standard InChI is InChI=1S/C28H36BrN7O4S/c1-31-18-40-16-26(34-21-9-7-20(29)8-10-21)23-13-22(19-5-6-19)27(14-24(23)30)36(41(3,38)39)12-4-11-32-28(37)25-15-35(2)17-33-25/h7-10,13-15,17,19,31H,4-6,11-12,16,18,30H2,1-3H3,(H,32,37). The quantitative estimate of drug-likeness (QED) is 0.105. The number of nitrogens with two attached hydrogens (primary N) is 1. The van der Waals surface area contributed by atoms with Gasteiger partial charge in [0.2, 0.25) is 10.0 Å². The van der Waals surface area contributed by atoms with Gasteiger partial charge in [-0.25, -0.2) is 13.4 Å². The van der Waals surface area contributed by atoms with E-state index in [1.165, 1.54) is 10.6 Å². The van der Waals surface area contributed by atoms with Crippen LogP contribution in [0, 0.1) is 0 Å². The van der Waals surface area contributed by atoms with Crippen molar-refractivity contribution in [3.8, 4) is 0 Å². The second-order valence-electron chi connectivity index (χ2n) is 10.0. The zero-order chi connectivity index (χ0) is 29.6. The summed E-state index contributed by atoms with van der Waals surface area (Å²) in [6, 6.07) is 11.3. The fourth-order valence-electron chi connectivity index (χ4n) is 4.41. The highest BCUT2D eigenvalue weighted by Crippen LogP contribution is 2.46. The normalized spacial score (nSPS) is 13.8. The van der Waals surface area contributed by atoms with E-state index in [1.54, 1.807) is 37.3 Å². The summed E-state index contributed by atoms with van der Waals surface area (Å²) in [4.78, 5) is 21.2. The van der Waals surface area contributed by atoms with Crippen LogP contribution < -0.4 is 20.7 Å². The van der Waals surface area contributed by atoms with Gasteiger partial charge in [0.15, 0.2) is 0 Å². The monoisotopic (exact) mass is 645 g/mol. The Balaban J connectivity index is 1.61. The number of carbonyl (C=O) groups excluding carboxylic acids is 1. The van der Waals surface area contributed by atoms with Gasteiger partial charge in [-0.1, -0.05) is 15.9 Å². The largest absolute Gasteiger partial charge is 0.398 e. The number of aromatic nitrogens is 2. The third-order valence-electron chi connectivity index (χ3n) is 6.53. The molecule has 4 N–H and O–H groups in total. The zero-order valence-corrected chi connectivity index (χ0v) is 25.8. The summed E-state index contributed by atoms with van der Waals surface area (Å²) in [5, 5.41) is 5.77. The van der Waals surface area contributed by atoms with E-state index >= 15 is 0 Å². The maximum Gasteiger partial charge on any atom is 0.271 e. The van der Waals surface area contributed by atoms with Crippen molar-refractivity contribution in [2.24, 2.45) is 12.0 Å². The molecule has 0 saturated heterocycles. The van der Waals surface area contributed by atoms with Crippen molar-refractivity contribution in [2.75, 3.05) is 49.8 Å². The van der Waals surface area contributed by atoms with Crippen LogP contribution in [0.2, 0.25) is 0 Å². The van der Waals surface area contributed by atoms with Gasteiger partial charge < -0.3 is 20.4 Å². The number of aryl methyl sites for hydroxylation is 1. The van der Waals surface area contributed by atoms with Gasteiger partial charge in [-0.15, -0.1) is 0 Å². The van der Waals surface area contributed by atoms with Gasteiger partial charge in [-0.2, -0.15) is 0 Å². The Hall–Kier alpha value is -3.26. The number of carbonyl (C=O) groups is 1. The Morgan fingerprint density at radius 3 is 2.61 bits per heavy atom. The average Bonchev–Trinajstić information content (AvgIpc) is 3.67. The Kier molecular flexibility index (Phi) is 10.2. The van der Waals surface area contributed by atoms with Crippen LogP contribution in [0.5, 0.6) is 0 Å². The zero-order valence-electron chi connectivity index (χ0n) is 23.4. The molecule has 1 aliphatic carbocycles. The van der Waals surface area contributed by atoms with Crippen LogP contribution in [0.25, 0.3) is 0 Å². The molecule has 0 bridgehead atoms. The molecule has 1 heterocycles. The number of nitrogen functional groups attached to an aromatic ring is 1. The molecule has 220 valence electrons. The van der Waals surface area contributed by atoms with E-state index in [0.717, 1.165) is 28.6 Å². The van der Waals surface area contributed by atoms with Crippen molar-refractivity contribution >= 4 is 54.6 Å². The molecule has 41 heavy (non-hydrogen) atoms. The first-order valence-corrected chi connectivity index (χ1v) is 15.9. The van der Waals surface area contributed by atoms with Crippen LogP contribution in [0.4, 0.5) is 17.1 Å². The Labute approximate surface area is 249 Å². The number of nitrogens with zero attached hydrogens (tertiary/aromatic N) is 4. The first-order valence-electron chi connectivity index (χ1n) is 13.3. The highest BCUT2D eigenvalue weighted by atomic mass is 79.9. The minimum atomic E-state index is -3.63. The maximum absolute atomic E-state index is 13.0. The van der Waals surface area contributed by atoms with E-state index in [2.05, 4.69) is 31.5 Å². The summed E-state index contributed by atoms with van der Waals surface area (Å²) < 4.78 is 35.8. The topological polar surface area (TPSA) is 144 Å². The molecule has 0 unspecified atom stereocenters. The van der Waals surface area contributed by atoms with Crippen molar-refractivity contribution in [1.82, 2.24) is 20.2 Å². The second kappa shape index (κ2) is 13.6. The minimum Gasteiger partial charge on any atom is -0.398 e. The molecule has 13 heteroatoms. The van der Waals surface area contributed by atoms with Crippen LogP contribution in [0.3, 0.4) is 0 Å². The van der Waals surface area contributed by atoms with Crippen molar-refractivity contribution in [1.29, 1.82) is 0 Å². The van der Waals surface area contributed by atoms with Gasteiger partial charge in [-0.05, 0) is 74.2 Å². The lowest BCUT2D eigenvalue weighted by Gasteiger charge is -2.26. The van der Waals surface area contributed by atoms with Gasteiger partial charge in [0.1, 0.15) is 5.69 Å². The lowest BCUT2D eigenvalue weighted by Crippen LogP contribution is -2.34. The van der Waals surface area contributed by atoms with Crippen molar-refractivity contribution in [3.63, 3.8) is 0 Å². The molecule has 1 aromatic heterocycles. The lowest BCUT2D eigenvalue weighted by atomic mass is 9.99. The molecule has 1 saturated carbocycles. The van der Waals surface area contributed by atoms with E-state index in [0.29, 0.717) is 48.0 Å². The van der Waals surface area contributed by atoms with Crippen molar-refractivity contribution < 1.29 is 17.9 Å². The van der Waals surface area contributed by atoms with Gasteiger partial charge >= 0.3 is 0 Å². The Morgan fingerprint density at radius 2 is 2.00 bits per heavy atom. The Bertz CT molecular complexity index is 1500. The lowest BCUT2D eigenvalue weighted by molar-refractivity contribution is 0.0949. The number of hydrogen-bond acceptors (Lipinski definition) is 8. The first kappa shape index (κ1) is 30.7. The number of aliphatic imine (C=N–C) groups is 1. The minimum absolute atomic E-state index is 0.185. The highest BCUT2D eigenvalue weighted by Gasteiger charge is 2.32. The highest BCUT2D eigenvalue weighted by molar-refractivity contribution is 9.10. The summed E-state index contributed by atoms with van der Waals surface area (Å²) >= 11 is 3.45. The molecule has 1 fully saturated rings. The van der Waals surface area contributed by atoms with Crippen molar-refractivity contribution in [2.45, 2.75) is 25.2 Å². The molecule has 0 aliphatic heterocycles. The molecule has 2 aromatic carbocycles. The average molecular weight is 647 g/mol. The molecule has 0 atom stereocenters. The number of halogens is 1. The number of sulfonamides is 1. The summed E-state index contributed by atoms with van der Waals surface area (Å²) in [5.74, 6) is -0.0773. The summed E-state index contributed by atoms with van der Waals surface area (Å²) in [6.45, 7) is 1.04. The molecule has 0 radical (unpaired) electrons. The van der Waals surface area contributed by atoms with Gasteiger partial charge in [0, 0.05) is 42.1 Å². The van der Waals surface area contributed by atoms with Gasteiger partial charge in [0.25, 0.3) is 5.91 Å². The fourth-order valence-corrected chi connectivity index (χ4v) is 5.65. The molecular weight excluding hydrogens is 610 g/mol. The first-order chi connectivity index (χ1) is 19.6. The van der Waals surface area contributed by atoms with E-state index < -0.39 is 10.0 Å². The van der Waals surface area contributed by atoms with E-state index in [1.807, 2.05) is 30.3 Å².